The quantitative estimate of drug-likeness (QED) is 0.827. The van der Waals surface area contributed by atoms with Crippen LogP contribution in [0.15, 0.2) is 28.8 Å². The molecule has 1 aromatic carbocycles. The predicted molar refractivity (Wildman–Crippen MR) is 63.0 cm³/mol. The molecule has 0 radical (unpaired) electrons. The van der Waals surface area contributed by atoms with Crippen LogP contribution in [0.5, 0.6) is 5.75 Å². The summed E-state index contributed by atoms with van der Waals surface area (Å²) in [5.74, 6) is 1.15. The summed E-state index contributed by atoms with van der Waals surface area (Å²) in [4.78, 5) is 4.31. The molecular formula is C12H13N3O3. The van der Waals surface area contributed by atoms with E-state index in [1.54, 1.807) is 18.2 Å². The maximum Gasteiger partial charge on any atom is 0.246 e. The second kappa shape index (κ2) is 4.75. The molecule has 3 rings (SSSR count). The Morgan fingerprint density at radius 2 is 2.33 bits per heavy atom. The highest BCUT2D eigenvalue weighted by Crippen LogP contribution is 2.22. The Bertz CT molecular complexity index is 535. The summed E-state index contributed by atoms with van der Waals surface area (Å²) in [5.41, 5.74) is 0.724. The van der Waals surface area contributed by atoms with Gasteiger partial charge in [0.05, 0.1) is 13.2 Å². The van der Waals surface area contributed by atoms with Gasteiger partial charge in [-0.3, -0.25) is 0 Å². The zero-order chi connectivity index (χ0) is 12.4. The monoisotopic (exact) mass is 247 g/mol. The van der Waals surface area contributed by atoms with Crippen LogP contribution in [0.1, 0.15) is 11.9 Å². The van der Waals surface area contributed by atoms with Gasteiger partial charge in [-0.15, -0.1) is 0 Å². The molecule has 1 aromatic heterocycles. The van der Waals surface area contributed by atoms with Crippen LogP contribution in [0.3, 0.4) is 0 Å². The standard InChI is InChI=1S/C12H13N3O3/c16-9-3-1-2-8(6-9)11-14-12(18-15-11)10-7-17-5-4-13-10/h1-3,6,10,13,16H,4-5,7H2. The number of benzene rings is 1. The first-order valence-electron chi connectivity index (χ1n) is 5.77. The van der Waals surface area contributed by atoms with E-state index >= 15 is 0 Å². The number of nitrogens with one attached hydrogen (secondary N) is 1. The average molecular weight is 247 g/mol. The molecule has 18 heavy (non-hydrogen) atoms. The Morgan fingerprint density at radius 3 is 3.11 bits per heavy atom. The van der Waals surface area contributed by atoms with Crippen LogP contribution in [-0.2, 0) is 4.74 Å². The second-order valence-corrected chi connectivity index (χ2v) is 4.09. The third kappa shape index (κ3) is 2.20. The molecule has 1 unspecified atom stereocenters. The number of phenolic OH excluding ortho intramolecular Hbond substituents is 1. The molecule has 1 saturated heterocycles. The largest absolute Gasteiger partial charge is 0.508 e. The molecule has 0 bridgehead atoms. The summed E-state index contributed by atoms with van der Waals surface area (Å²) in [6.45, 7) is 2.00. The fourth-order valence-electron chi connectivity index (χ4n) is 1.86. The fourth-order valence-corrected chi connectivity index (χ4v) is 1.86. The zero-order valence-electron chi connectivity index (χ0n) is 9.67. The number of ether oxygens (including phenoxy) is 1. The van der Waals surface area contributed by atoms with Crippen molar-refractivity contribution < 1.29 is 14.4 Å². The smallest absolute Gasteiger partial charge is 0.246 e. The SMILES string of the molecule is Oc1cccc(-c2noc(C3COCCN3)n2)c1. The van der Waals surface area contributed by atoms with Gasteiger partial charge in [-0.1, -0.05) is 17.3 Å². The van der Waals surface area contributed by atoms with Crippen LogP contribution < -0.4 is 5.32 Å². The lowest BCUT2D eigenvalue weighted by Gasteiger charge is -2.20. The van der Waals surface area contributed by atoms with Crippen molar-refractivity contribution in [3.05, 3.63) is 30.2 Å². The van der Waals surface area contributed by atoms with E-state index in [1.165, 1.54) is 0 Å². The first-order chi connectivity index (χ1) is 8.83. The molecular weight excluding hydrogens is 234 g/mol. The third-order valence-electron chi connectivity index (χ3n) is 2.77. The summed E-state index contributed by atoms with van der Waals surface area (Å²) in [6.07, 6.45) is 0. The van der Waals surface area contributed by atoms with Crippen molar-refractivity contribution in [2.75, 3.05) is 19.8 Å². The lowest BCUT2D eigenvalue weighted by atomic mass is 10.2. The van der Waals surface area contributed by atoms with Gasteiger partial charge < -0.3 is 19.7 Å². The number of morpholine rings is 1. The minimum atomic E-state index is -0.0580. The Kier molecular flexibility index (Phi) is 2.95. The van der Waals surface area contributed by atoms with E-state index in [0.717, 1.165) is 12.1 Å². The van der Waals surface area contributed by atoms with Gasteiger partial charge in [0.2, 0.25) is 11.7 Å². The summed E-state index contributed by atoms with van der Waals surface area (Å²) in [7, 11) is 0. The first-order valence-corrected chi connectivity index (χ1v) is 5.77. The molecule has 94 valence electrons. The number of rotatable bonds is 2. The van der Waals surface area contributed by atoms with E-state index in [9.17, 15) is 5.11 Å². The number of aromatic nitrogens is 2. The molecule has 2 heterocycles. The van der Waals surface area contributed by atoms with Gasteiger partial charge in [0, 0.05) is 12.1 Å². The molecule has 0 saturated carbocycles. The van der Waals surface area contributed by atoms with E-state index in [1.807, 2.05) is 6.07 Å². The number of aromatic hydroxyl groups is 1. The highest BCUT2D eigenvalue weighted by molar-refractivity contribution is 5.56. The number of hydrogen-bond donors (Lipinski definition) is 2. The van der Waals surface area contributed by atoms with Gasteiger partial charge >= 0.3 is 0 Å². The van der Waals surface area contributed by atoms with Crippen LogP contribution >= 0.6 is 0 Å². The normalized spacial score (nSPS) is 19.9. The maximum absolute atomic E-state index is 9.41. The number of nitrogens with zero attached hydrogens (tertiary/aromatic N) is 2. The van der Waals surface area contributed by atoms with Gasteiger partial charge in [0.25, 0.3) is 0 Å². The maximum atomic E-state index is 9.41. The van der Waals surface area contributed by atoms with Crippen molar-refractivity contribution in [2.24, 2.45) is 0 Å². The molecule has 1 fully saturated rings. The van der Waals surface area contributed by atoms with Gasteiger partial charge in [-0.25, -0.2) is 0 Å². The Balaban J connectivity index is 1.84. The fraction of sp³-hybridized carbons (Fsp3) is 0.333. The van der Waals surface area contributed by atoms with Crippen LogP contribution in [0.4, 0.5) is 0 Å². The van der Waals surface area contributed by atoms with E-state index < -0.39 is 0 Å². The van der Waals surface area contributed by atoms with Crippen molar-refractivity contribution in [1.29, 1.82) is 0 Å². The van der Waals surface area contributed by atoms with Crippen molar-refractivity contribution in [3.8, 4) is 17.1 Å². The van der Waals surface area contributed by atoms with E-state index in [0.29, 0.717) is 24.9 Å². The van der Waals surface area contributed by atoms with E-state index in [-0.39, 0.29) is 11.8 Å². The predicted octanol–water partition coefficient (Wildman–Crippen LogP) is 1.10. The first kappa shape index (κ1) is 11.2. The second-order valence-electron chi connectivity index (χ2n) is 4.09. The van der Waals surface area contributed by atoms with Crippen LogP contribution in [0, 0.1) is 0 Å². The highest BCUT2D eigenvalue weighted by atomic mass is 16.5. The number of phenols is 1. The van der Waals surface area contributed by atoms with Crippen molar-refractivity contribution in [3.63, 3.8) is 0 Å². The minimum Gasteiger partial charge on any atom is -0.508 e. The van der Waals surface area contributed by atoms with Gasteiger partial charge in [0.15, 0.2) is 0 Å². The van der Waals surface area contributed by atoms with Crippen LogP contribution in [0.2, 0.25) is 0 Å². The molecule has 2 aromatic rings. The molecule has 0 amide bonds. The molecule has 2 N–H and O–H groups in total. The molecule has 0 spiro atoms. The highest BCUT2D eigenvalue weighted by Gasteiger charge is 2.21. The van der Waals surface area contributed by atoms with E-state index in [4.69, 9.17) is 9.26 Å². The molecule has 6 nitrogen and oxygen atoms in total. The van der Waals surface area contributed by atoms with Crippen molar-refractivity contribution in [2.45, 2.75) is 6.04 Å². The topological polar surface area (TPSA) is 80.4 Å². The summed E-state index contributed by atoms with van der Waals surface area (Å²) < 4.78 is 10.6. The van der Waals surface area contributed by atoms with Crippen LogP contribution in [0.25, 0.3) is 11.4 Å². The molecule has 1 aliphatic heterocycles. The summed E-state index contributed by atoms with van der Waals surface area (Å²) >= 11 is 0. The lowest BCUT2D eigenvalue weighted by Crippen LogP contribution is -2.34. The van der Waals surface area contributed by atoms with Crippen molar-refractivity contribution >= 4 is 0 Å². The zero-order valence-corrected chi connectivity index (χ0v) is 9.67. The van der Waals surface area contributed by atoms with E-state index in [2.05, 4.69) is 15.5 Å². The third-order valence-corrected chi connectivity index (χ3v) is 2.77. The van der Waals surface area contributed by atoms with Gasteiger partial charge in [-0.05, 0) is 12.1 Å². The Morgan fingerprint density at radius 1 is 1.39 bits per heavy atom. The lowest BCUT2D eigenvalue weighted by molar-refractivity contribution is 0.0659. The molecule has 0 aliphatic carbocycles. The Hall–Kier alpha value is -1.92. The Labute approximate surface area is 104 Å². The van der Waals surface area contributed by atoms with Gasteiger partial charge in [0.1, 0.15) is 11.8 Å². The molecule has 6 heteroatoms. The molecule has 1 atom stereocenters. The van der Waals surface area contributed by atoms with Crippen LogP contribution in [-0.4, -0.2) is 35.0 Å². The van der Waals surface area contributed by atoms with Crippen molar-refractivity contribution in [1.82, 2.24) is 15.5 Å². The average Bonchev–Trinajstić information content (AvgIpc) is 2.89. The number of hydrogen-bond acceptors (Lipinski definition) is 6. The minimum absolute atomic E-state index is 0.0580. The summed E-state index contributed by atoms with van der Waals surface area (Å²) in [5, 5.41) is 16.6. The molecule has 1 aliphatic rings. The summed E-state index contributed by atoms with van der Waals surface area (Å²) in [6, 6.07) is 6.69. The van der Waals surface area contributed by atoms with Gasteiger partial charge in [-0.2, -0.15) is 4.98 Å².